The van der Waals surface area contributed by atoms with Crippen LogP contribution in [0.5, 0.6) is 0 Å². The highest BCUT2D eigenvalue weighted by Crippen LogP contribution is 2.69. The number of hydrogen-bond donors (Lipinski definition) is 1. The molecule has 0 radical (unpaired) electrons. The molecule has 0 heterocycles. The lowest BCUT2D eigenvalue weighted by Crippen LogP contribution is -2.60. The second-order valence-corrected chi connectivity index (χ2v) is 8.90. The van der Waals surface area contributed by atoms with Gasteiger partial charge >= 0.3 is 0 Å². The van der Waals surface area contributed by atoms with Crippen molar-refractivity contribution in [3.05, 3.63) is 11.6 Å². The van der Waals surface area contributed by atoms with Gasteiger partial charge < -0.3 is 5.11 Å². The van der Waals surface area contributed by atoms with Crippen LogP contribution in [0.2, 0.25) is 0 Å². The molecule has 18 heavy (non-hydrogen) atoms. The van der Waals surface area contributed by atoms with Crippen LogP contribution >= 0.6 is 27.5 Å². The lowest BCUT2D eigenvalue weighted by Gasteiger charge is -2.65. The summed E-state index contributed by atoms with van der Waals surface area (Å²) in [5, 5.41) is 10.5. The van der Waals surface area contributed by atoms with Crippen LogP contribution in [0.3, 0.4) is 0 Å². The van der Waals surface area contributed by atoms with Crippen molar-refractivity contribution in [2.75, 3.05) is 0 Å². The number of aliphatic hydroxyl groups is 1. The molecular formula is C15H22BrClO. The molecule has 3 heteroatoms. The number of allylic oxidation sites excluding steroid dienone is 1. The van der Waals surface area contributed by atoms with Gasteiger partial charge in [0.1, 0.15) is 0 Å². The van der Waals surface area contributed by atoms with Gasteiger partial charge in [-0.1, -0.05) is 48.4 Å². The minimum atomic E-state index is -0.364. The Bertz CT molecular complexity index is 419. The summed E-state index contributed by atoms with van der Waals surface area (Å²) in [6.45, 7) is 6.90. The summed E-state index contributed by atoms with van der Waals surface area (Å²) in [4.78, 5) is 0.125. The summed E-state index contributed by atoms with van der Waals surface area (Å²) in [6, 6.07) is 0. The predicted octanol–water partition coefficient (Wildman–Crippen LogP) is 4.26. The quantitative estimate of drug-likeness (QED) is 0.518. The number of alkyl halides is 2. The van der Waals surface area contributed by atoms with E-state index >= 15 is 0 Å². The number of fused-ring (bicyclic) bond motifs is 2. The molecule has 5 atom stereocenters. The molecule has 0 aromatic heterocycles. The van der Waals surface area contributed by atoms with Gasteiger partial charge in [-0.25, -0.2) is 0 Å². The molecule has 4 aliphatic rings. The molecule has 4 rings (SSSR count). The Morgan fingerprint density at radius 3 is 2.61 bits per heavy atom. The molecule has 1 N–H and O–H groups in total. The maximum absolute atomic E-state index is 10.3. The van der Waals surface area contributed by atoms with Crippen molar-refractivity contribution in [2.45, 2.75) is 62.8 Å². The Kier molecular flexibility index (Phi) is 2.82. The van der Waals surface area contributed by atoms with Crippen LogP contribution in [-0.4, -0.2) is 21.4 Å². The Labute approximate surface area is 123 Å². The number of rotatable bonds is 0. The normalized spacial score (nSPS) is 53.9. The summed E-state index contributed by atoms with van der Waals surface area (Å²) >= 11 is 10.4. The third-order valence-electron chi connectivity index (χ3n) is 6.21. The van der Waals surface area contributed by atoms with Crippen molar-refractivity contribution >= 4 is 27.5 Å². The number of halogens is 2. The SMILES string of the molecule is CC12CCC3(CC1Cl)C(=CC(O)C(Br)C3(C)C)C2. The van der Waals surface area contributed by atoms with Crippen molar-refractivity contribution in [2.24, 2.45) is 16.2 Å². The molecule has 1 nitrogen and oxygen atoms in total. The van der Waals surface area contributed by atoms with Crippen LogP contribution in [0.15, 0.2) is 11.6 Å². The first-order valence-electron chi connectivity index (χ1n) is 6.90. The molecule has 4 aliphatic carbocycles. The van der Waals surface area contributed by atoms with E-state index in [1.165, 1.54) is 18.4 Å². The van der Waals surface area contributed by atoms with Gasteiger partial charge in [-0.3, -0.25) is 0 Å². The molecule has 3 fully saturated rings. The summed E-state index contributed by atoms with van der Waals surface area (Å²) in [5.41, 5.74) is 1.97. The standard InChI is InChI=1S/C15H22BrClO/c1-13(2)12(16)10(18)6-9-7-14(3)4-5-15(9,13)8-11(14)17/h6,10-12,18H,4-5,7-8H2,1-3H3. The minimum absolute atomic E-state index is 0.0609. The van der Waals surface area contributed by atoms with E-state index in [9.17, 15) is 5.11 Å². The van der Waals surface area contributed by atoms with E-state index in [4.69, 9.17) is 11.6 Å². The molecule has 0 aromatic rings. The maximum atomic E-state index is 10.3. The fourth-order valence-corrected chi connectivity index (χ4v) is 5.64. The van der Waals surface area contributed by atoms with Crippen LogP contribution in [0, 0.1) is 16.2 Å². The summed E-state index contributed by atoms with van der Waals surface area (Å²) < 4.78 is 0. The van der Waals surface area contributed by atoms with Gasteiger partial charge in [-0.2, -0.15) is 0 Å². The van der Waals surface area contributed by atoms with E-state index in [0.29, 0.717) is 0 Å². The molecule has 3 saturated carbocycles. The lowest BCUT2D eigenvalue weighted by molar-refractivity contribution is -0.0488. The third kappa shape index (κ3) is 1.43. The van der Waals surface area contributed by atoms with Crippen molar-refractivity contribution in [1.82, 2.24) is 0 Å². The van der Waals surface area contributed by atoms with Crippen LogP contribution < -0.4 is 0 Å². The first-order chi connectivity index (χ1) is 8.23. The van der Waals surface area contributed by atoms with Crippen molar-refractivity contribution in [1.29, 1.82) is 0 Å². The zero-order valence-electron chi connectivity index (χ0n) is 11.3. The van der Waals surface area contributed by atoms with Gasteiger partial charge in [0.25, 0.3) is 0 Å². The highest BCUT2D eigenvalue weighted by atomic mass is 79.9. The largest absolute Gasteiger partial charge is 0.388 e. The molecule has 0 aliphatic heterocycles. The van der Waals surface area contributed by atoms with Gasteiger partial charge in [0, 0.05) is 5.38 Å². The average Bonchev–Trinajstić information content (AvgIpc) is 2.28. The molecule has 102 valence electrons. The maximum Gasteiger partial charge on any atom is 0.0854 e. The van der Waals surface area contributed by atoms with Crippen LogP contribution in [-0.2, 0) is 0 Å². The van der Waals surface area contributed by atoms with Crippen molar-refractivity contribution < 1.29 is 5.11 Å². The van der Waals surface area contributed by atoms with Gasteiger partial charge in [0.15, 0.2) is 0 Å². The summed E-state index contributed by atoms with van der Waals surface area (Å²) in [5.74, 6) is 0. The van der Waals surface area contributed by atoms with Gasteiger partial charge in [-0.05, 0) is 41.9 Å². The Morgan fingerprint density at radius 1 is 1.33 bits per heavy atom. The first-order valence-corrected chi connectivity index (χ1v) is 8.26. The summed E-state index contributed by atoms with van der Waals surface area (Å²) in [7, 11) is 0. The van der Waals surface area contributed by atoms with Gasteiger partial charge in [0.2, 0.25) is 0 Å². The van der Waals surface area contributed by atoms with Crippen LogP contribution in [0.25, 0.3) is 0 Å². The van der Waals surface area contributed by atoms with E-state index in [-0.39, 0.29) is 32.6 Å². The topological polar surface area (TPSA) is 20.2 Å². The zero-order chi connectivity index (χ0) is 13.3. The summed E-state index contributed by atoms with van der Waals surface area (Å²) in [6.07, 6.45) is 6.33. The molecule has 0 amide bonds. The Balaban J connectivity index is 2.14. The lowest BCUT2D eigenvalue weighted by atomic mass is 9.42. The van der Waals surface area contributed by atoms with E-state index in [0.717, 1.165) is 12.8 Å². The Hall–Kier alpha value is 0.470. The third-order valence-corrected chi connectivity index (χ3v) is 8.58. The van der Waals surface area contributed by atoms with Gasteiger partial charge in [-0.15, -0.1) is 11.6 Å². The van der Waals surface area contributed by atoms with Crippen molar-refractivity contribution in [3.8, 4) is 0 Å². The fourth-order valence-electron chi connectivity index (χ4n) is 4.60. The minimum Gasteiger partial charge on any atom is -0.388 e. The second-order valence-electron chi connectivity index (χ2n) is 7.39. The van der Waals surface area contributed by atoms with Crippen LogP contribution in [0.4, 0.5) is 0 Å². The number of aliphatic hydroxyl groups excluding tert-OH is 1. The van der Waals surface area contributed by atoms with Gasteiger partial charge in [0.05, 0.1) is 10.9 Å². The second kappa shape index (κ2) is 3.77. The van der Waals surface area contributed by atoms with Crippen molar-refractivity contribution in [3.63, 3.8) is 0 Å². The molecule has 5 unspecified atom stereocenters. The van der Waals surface area contributed by atoms with E-state index in [2.05, 4.69) is 42.8 Å². The molecule has 2 bridgehead atoms. The van der Waals surface area contributed by atoms with E-state index < -0.39 is 0 Å². The van der Waals surface area contributed by atoms with E-state index in [1.807, 2.05) is 0 Å². The number of hydrogen-bond acceptors (Lipinski definition) is 1. The monoisotopic (exact) mass is 332 g/mol. The zero-order valence-corrected chi connectivity index (χ0v) is 13.7. The highest BCUT2D eigenvalue weighted by Gasteiger charge is 2.63. The average molecular weight is 334 g/mol. The molecule has 0 aromatic carbocycles. The molecule has 1 spiro atoms. The smallest absolute Gasteiger partial charge is 0.0854 e. The first kappa shape index (κ1) is 13.5. The highest BCUT2D eigenvalue weighted by molar-refractivity contribution is 9.09. The Morgan fingerprint density at radius 2 is 2.00 bits per heavy atom. The fraction of sp³-hybridized carbons (Fsp3) is 0.867. The van der Waals surface area contributed by atoms with E-state index in [1.54, 1.807) is 0 Å². The molecule has 0 saturated heterocycles. The van der Waals surface area contributed by atoms with Crippen LogP contribution in [0.1, 0.15) is 46.5 Å². The predicted molar refractivity (Wildman–Crippen MR) is 79.2 cm³/mol. The molecular weight excluding hydrogens is 312 g/mol.